The van der Waals surface area contributed by atoms with Crippen LogP contribution in [0.5, 0.6) is 5.75 Å². The second-order valence-corrected chi connectivity index (χ2v) is 7.03. The highest BCUT2D eigenvalue weighted by Gasteiger charge is 2.53. The van der Waals surface area contributed by atoms with Crippen LogP contribution in [0.1, 0.15) is 43.2 Å². The van der Waals surface area contributed by atoms with Crippen molar-refractivity contribution in [3.05, 3.63) is 29.3 Å². The molecule has 1 saturated heterocycles. The number of hydrogen-bond donors (Lipinski definition) is 0. The van der Waals surface area contributed by atoms with Crippen molar-refractivity contribution in [2.24, 2.45) is 5.92 Å². The van der Waals surface area contributed by atoms with E-state index in [4.69, 9.17) is 4.74 Å². The Morgan fingerprint density at radius 3 is 3.00 bits per heavy atom. The Hall–Kier alpha value is -1.02. The Balaban J connectivity index is 1.88. The summed E-state index contributed by atoms with van der Waals surface area (Å²) in [6.07, 6.45) is 8.22. The molecule has 2 bridgehead atoms. The molecule has 3 aliphatic rings. The SMILES string of the molecule is COc1ccc2c(c1)C13CCCC[C@@H]1[C@@H](C2)N(C)CC3. The van der Waals surface area contributed by atoms with E-state index in [0.717, 1.165) is 17.7 Å². The van der Waals surface area contributed by atoms with E-state index in [0.29, 0.717) is 5.41 Å². The summed E-state index contributed by atoms with van der Waals surface area (Å²) >= 11 is 0. The summed E-state index contributed by atoms with van der Waals surface area (Å²) in [5.41, 5.74) is 3.67. The van der Waals surface area contributed by atoms with Crippen LogP contribution in [0.25, 0.3) is 0 Å². The van der Waals surface area contributed by atoms with Crippen molar-refractivity contribution in [3.63, 3.8) is 0 Å². The molecule has 1 aliphatic heterocycles. The second kappa shape index (κ2) is 4.49. The van der Waals surface area contributed by atoms with E-state index in [2.05, 4.69) is 30.1 Å². The van der Waals surface area contributed by atoms with Crippen LogP contribution >= 0.6 is 0 Å². The normalized spacial score (nSPS) is 36.1. The first kappa shape index (κ1) is 12.7. The molecule has 0 aromatic heterocycles. The monoisotopic (exact) mass is 271 g/mol. The number of benzene rings is 1. The Labute approximate surface area is 122 Å². The number of hydrogen-bond acceptors (Lipinski definition) is 2. The zero-order valence-electron chi connectivity index (χ0n) is 12.7. The minimum atomic E-state index is 0.456. The Morgan fingerprint density at radius 2 is 2.15 bits per heavy atom. The average Bonchev–Trinajstić information content (AvgIpc) is 2.50. The molecule has 2 nitrogen and oxygen atoms in total. The fraction of sp³-hybridized carbons (Fsp3) is 0.667. The zero-order chi connectivity index (χ0) is 13.7. The third kappa shape index (κ3) is 1.60. The summed E-state index contributed by atoms with van der Waals surface area (Å²) in [5, 5.41) is 0. The van der Waals surface area contributed by atoms with Crippen LogP contribution in [-0.2, 0) is 11.8 Å². The maximum absolute atomic E-state index is 5.51. The molecule has 1 heterocycles. The van der Waals surface area contributed by atoms with Gasteiger partial charge in [0.15, 0.2) is 0 Å². The Morgan fingerprint density at radius 1 is 1.25 bits per heavy atom. The minimum Gasteiger partial charge on any atom is -0.497 e. The summed E-state index contributed by atoms with van der Waals surface area (Å²) in [7, 11) is 4.12. The van der Waals surface area contributed by atoms with Crippen LogP contribution in [-0.4, -0.2) is 31.6 Å². The molecule has 1 saturated carbocycles. The first-order chi connectivity index (χ1) is 9.74. The van der Waals surface area contributed by atoms with E-state index >= 15 is 0 Å². The standard InChI is InChI=1S/C18H25NO/c1-19-10-9-18-8-4-3-5-15(18)17(19)11-13-6-7-14(20-2)12-16(13)18/h6-7,12,15,17H,3-5,8-11H2,1-2H3/t15-,17-,18?/m1/s1. The first-order valence-corrected chi connectivity index (χ1v) is 8.12. The van der Waals surface area contributed by atoms with Gasteiger partial charge in [-0.25, -0.2) is 0 Å². The molecule has 1 aromatic rings. The van der Waals surface area contributed by atoms with Gasteiger partial charge in [-0.15, -0.1) is 0 Å². The molecule has 20 heavy (non-hydrogen) atoms. The fourth-order valence-electron chi connectivity index (χ4n) is 5.30. The first-order valence-electron chi connectivity index (χ1n) is 8.12. The van der Waals surface area contributed by atoms with Gasteiger partial charge in [0.25, 0.3) is 0 Å². The molecule has 2 heteroatoms. The highest BCUT2D eigenvalue weighted by molar-refractivity contribution is 5.45. The highest BCUT2D eigenvalue weighted by Crippen LogP contribution is 2.55. The minimum absolute atomic E-state index is 0.456. The van der Waals surface area contributed by atoms with Gasteiger partial charge in [0.05, 0.1) is 7.11 Å². The number of fused-ring (bicyclic) bond motifs is 1. The average molecular weight is 271 g/mol. The molecule has 4 rings (SSSR count). The predicted octanol–water partition coefficient (Wildman–Crippen LogP) is 3.38. The van der Waals surface area contributed by atoms with Crippen LogP contribution < -0.4 is 4.74 Å². The van der Waals surface area contributed by atoms with Crippen LogP contribution in [0.15, 0.2) is 18.2 Å². The molecule has 3 atom stereocenters. The smallest absolute Gasteiger partial charge is 0.119 e. The molecule has 108 valence electrons. The lowest BCUT2D eigenvalue weighted by molar-refractivity contribution is 0.00274. The van der Waals surface area contributed by atoms with Crippen molar-refractivity contribution in [1.29, 1.82) is 0 Å². The lowest BCUT2D eigenvalue weighted by Crippen LogP contribution is -2.59. The van der Waals surface area contributed by atoms with E-state index in [1.54, 1.807) is 18.2 Å². The van der Waals surface area contributed by atoms with Crippen molar-refractivity contribution < 1.29 is 4.74 Å². The molecular weight excluding hydrogens is 246 g/mol. The molecule has 1 aromatic carbocycles. The molecule has 0 amide bonds. The summed E-state index contributed by atoms with van der Waals surface area (Å²) in [5.74, 6) is 1.91. The molecular formula is C18H25NO. The largest absolute Gasteiger partial charge is 0.497 e. The molecule has 1 unspecified atom stereocenters. The van der Waals surface area contributed by atoms with Crippen LogP contribution in [0, 0.1) is 5.92 Å². The number of rotatable bonds is 1. The summed E-state index contributed by atoms with van der Waals surface area (Å²) < 4.78 is 5.51. The van der Waals surface area contributed by atoms with Gasteiger partial charge < -0.3 is 9.64 Å². The lowest BCUT2D eigenvalue weighted by Gasteiger charge is -2.58. The Bertz CT molecular complexity index is 526. The number of ether oxygens (including phenoxy) is 1. The van der Waals surface area contributed by atoms with Gasteiger partial charge in [-0.05, 0) is 68.5 Å². The highest BCUT2D eigenvalue weighted by atomic mass is 16.5. The van der Waals surface area contributed by atoms with E-state index in [1.165, 1.54) is 45.1 Å². The van der Waals surface area contributed by atoms with E-state index in [9.17, 15) is 0 Å². The fourth-order valence-corrected chi connectivity index (χ4v) is 5.30. The molecule has 2 aliphatic carbocycles. The molecule has 2 fully saturated rings. The van der Waals surface area contributed by atoms with Gasteiger partial charge in [0.1, 0.15) is 5.75 Å². The van der Waals surface area contributed by atoms with Gasteiger partial charge in [-0.2, -0.15) is 0 Å². The Kier molecular flexibility index (Phi) is 2.85. The van der Waals surface area contributed by atoms with Crippen molar-refractivity contribution in [1.82, 2.24) is 4.90 Å². The van der Waals surface area contributed by atoms with Crippen LogP contribution in [0.2, 0.25) is 0 Å². The number of likely N-dealkylation sites (tertiary alicyclic amines) is 1. The van der Waals surface area contributed by atoms with E-state index in [-0.39, 0.29) is 0 Å². The number of nitrogens with zero attached hydrogens (tertiary/aromatic N) is 1. The van der Waals surface area contributed by atoms with E-state index in [1.807, 2.05) is 0 Å². The summed E-state index contributed by atoms with van der Waals surface area (Å²) in [6.45, 7) is 1.26. The quantitative estimate of drug-likeness (QED) is 0.776. The summed E-state index contributed by atoms with van der Waals surface area (Å²) in [6, 6.07) is 7.60. The topological polar surface area (TPSA) is 12.5 Å². The lowest BCUT2D eigenvalue weighted by atomic mass is 9.52. The molecule has 0 radical (unpaired) electrons. The van der Waals surface area contributed by atoms with Crippen molar-refractivity contribution in [2.45, 2.75) is 50.0 Å². The number of likely N-dealkylation sites (N-methyl/N-ethyl adjacent to an activating group) is 1. The van der Waals surface area contributed by atoms with Crippen LogP contribution in [0.4, 0.5) is 0 Å². The molecule has 0 N–H and O–H groups in total. The van der Waals surface area contributed by atoms with Crippen molar-refractivity contribution >= 4 is 0 Å². The zero-order valence-corrected chi connectivity index (χ0v) is 12.7. The van der Waals surface area contributed by atoms with Gasteiger partial charge in [-0.1, -0.05) is 18.9 Å². The van der Waals surface area contributed by atoms with Crippen molar-refractivity contribution in [2.75, 3.05) is 20.7 Å². The second-order valence-electron chi connectivity index (χ2n) is 7.03. The molecule has 0 spiro atoms. The number of piperidine rings is 1. The third-order valence-corrected chi connectivity index (χ3v) is 6.32. The van der Waals surface area contributed by atoms with Gasteiger partial charge in [0, 0.05) is 11.5 Å². The summed E-state index contributed by atoms with van der Waals surface area (Å²) in [4.78, 5) is 2.63. The third-order valence-electron chi connectivity index (χ3n) is 6.32. The van der Waals surface area contributed by atoms with Gasteiger partial charge >= 0.3 is 0 Å². The van der Waals surface area contributed by atoms with Crippen LogP contribution in [0.3, 0.4) is 0 Å². The predicted molar refractivity (Wildman–Crippen MR) is 81.4 cm³/mol. The van der Waals surface area contributed by atoms with Gasteiger partial charge in [-0.3, -0.25) is 0 Å². The van der Waals surface area contributed by atoms with Crippen molar-refractivity contribution in [3.8, 4) is 5.75 Å². The number of methoxy groups -OCH3 is 1. The maximum Gasteiger partial charge on any atom is 0.119 e. The van der Waals surface area contributed by atoms with E-state index < -0.39 is 0 Å². The van der Waals surface area contributed by atoms with Gasteiger partial charge in [0.2, 0.25) is 0 Å². The maximum atomic E-state index is 5.51.